The van der Waals surface area contributed by atoms with Crippen LogP contribution < -0.4 is 10.6 Å². The zero-order valence-corrected chi connectivity index (χ0v) is 16.0. The molecule has 1 aromatic heterocycles. The van der Waals surface area contributed by atoms with Crippen LogP contribution in [0.4, 0.5) is 28.7 Å². The first kappa shape index (κ1) is 20.0. The summed E-state index contributed by atoms with van der Waals surface area (Å²) in [6, 6.07) is 13.2. The SMILES string of the molecule is CCOC(=O)c1cccc(Nc2ncnc(Nc3ccccc3Cl)c2[N+](=O)[O-])c1. The molecule has 0 spiro atoms. The van der Waals surface area contributed by atoms with Gasteiger partial charge in [0.25, 0.3) is 0 Å². The Hall–Kier alpha value is -3.72. The number of esters is 1. The van der Waals surface area contributed by atoms with Crippen LogP contribution in [0.5, 0.6) is 0 Å². The van der Waals surface area contributed by atoms with Gasteiger partial charge in [-0.05, 0) is 37.3 Å². The van der Waals surface area contributed by atoms with Crippen molar-refractivity contribution in [3.8, 4) is 0 Å². The molecule has 3 aromatic rings. The number of halogens is 1. The molecule has 0 saturated heterocycles. The minimum Gasteiger partial charge on any atom is -0.462 e. The van der Waals surface area contributed by atoms with Crippen LogP contribution in [0.3, 0.4) is 0 Å². The maximum atomic E-state index is 11.9. The molecule has 3 rings (SSSR count). The molecule has 0 aliphatic heterocycles. The summed E-state index contributed by atoms with van der Waals surface area (Å²) in [7, 11) is 0. The molecule has 0 atom stereocenters. The van der Waals surface area contributed by atoms with Gasteiger partial charge in [0.15, 0.2) is 0 Å². The lowest BCUT2D eigenvalue weighted by molar-refractivity contribution is -0.383. The number of carbonyl (C=O) groups is 1. The molecule has 1 heterocycles. The van der Waals surface area contributed by atoms with Crippen molar-refractivity contribution in [1.82, 2.24) is 9.97 Å². The van der Waals surface area contributed by atoms with Crippen molar-refractivity contribution < 1.29 is 14.5 Å². The molecule has 0 aliphatic rings. The predicted molar refractivity (Wildman–Crippen MR) is 109 cm³/mol. The Bertz CT molecular complexity index is 1060. The molecular weight excluding hydrogens is 398 g/mol. The summed E-state index contributed by atoms with van der Waals surface area (Å²) in [5, 5.41) is 17.8. The first-order valence-electron chi connectivity index (χ1n) is 8.54. The number of benzene rings is 2. The molecule has 0 saturated carbocycles. The highest BCUT2D eigenvalue weighted by atomic mass is 35.5. The topological polar surface area (TPSA) is 119 Å². The van der Waals surface area contributed by atoms with Crippen LogP contribution in [-0.2, 0) is 4.74 Å². The number of hydrogen-bond donors (Lipinski definition) is 2. The normalized spacial score (nSPS) is 10.3. The van der Waals surface area contributed by atoms with E-state index in [0.29, 0.717) is 22.0 Å². The smallest absolute Gasteiger partial charge is 0.353 e. The van der Waals surface area contributed by atoms with Crippen LogP contribution >= 0.6 is 11.6 Å². The van der Waals surface area contributed by atoms with Gasteiger partial charge in [-0.1, -0.05) is 29.8 Å². The van der Waals surface area contributed by atoms with E-state index in [9.17, 15) is 14.9 Å². The van der Waals surface area contributed by atoms with E-state index in [1.165, 1.54) is 12.4 Å². The lowest BCUT2D eigenvalue weighted by atomic mass is 10.2. The fraction of sp³-hybridized carbons (Fsp3) is 0.105. The fourth-order valence-electron chi connectivity index (χ4n) is 2.50. The van der Waals surface area contributed by atoms with E-state index >= 15 is 0 Å². The van der Waals surface area contributed by atoms with E-state index in [-0.39, 0.29) is 23.9 Å². The van der Waals surface area contributed by atoms with Gasteiger partial charge < -0.3 is 15.4 Å². The van der Waals surface area contributed by atoms with Crippen molar-refractivity contribution in [3.63, 3.8) is 0 Å². The van der Waals surface area contributed by atoms with Crippen molar-refractivity contribution in [2.24, 2.45) is 0 Å². The van der Waals surface area contributed by atoms with E-state index in [1.54, 1.807) is 49.4 Å². The van der Waals surface area contributed by atoms with Gasteiger partial charge in [0.2, 0.25) is 11.6 Å². The van der Waals surface area contributed by atoms with E-state index < -0.39 is 10.9 Å². The summed E-state index contributed by atoms with van der Waals surface area (Å²) in [4.78, 5) is 31.0. The standard InChI is InChI=1S/C19H16ClN5O4/c1-2-29-19(26)12-6-5-7-13(10-12)23-17-16(25(27)28)18(22-11-21-17)24-15-9-4-3-8-14(15)20/h3-11H,2H2,1H3,(H2,21,22,23,24). The zero-order chi connectivity index (χ0) is 20.8. The summed E-state index contributed by atoms with van der Waals surface area (Å²) < 4.78 is 4.97. The van der Waals surface area contributed by atoms with Crippen molar-refractivity contribution in [2.45, 2.75) is 6.92 Å². The monoisotopic (exact) mass is 413 g/mol. The third-order valence-electron chi connectivity index (χ3n) is 3.77. The Labute approximate surface area is 170 Å². The van der Waals surface area contributed by atoms with Crippen LogP contribution in [0.1, 0.15) is 17.3 Å². The van der Waals surface area contributed by atoms with Crippen LogP contribution in [0.25, 0.3) is 0 Å². The third kappa shape index (κ3) is 4.77. The van der Waals surface area contributed by atoms with Gasteiger partial charge in [-0.3, -0.25) is 10.1 Å². The van der Waals surface area contributed by atoms with Gasteiger partial charge in [0.1, 0.15) is 6.33 Å². The number of ether oxygens (including phenoxy) is 1. The van der Waals surface area contributed by atoms with Crippen LogP contribution in [0.15, 0.2) is 54.9 Å². The second-order valence-corrected chi connectivity index (χ2v) is 6.11. The number of nitrogens with one attached hydrogen (secondary N) is 2. The second-order valence-electron chi connectivity index (χ2n) is 5.71. The number of rotatable bonds is 7. The maximum absolute atomic E-state index is 11.9. The van der Waals surface area contributed by atoms with Crippen molar-refractivity contribution in [2.75, 3.05) is 17.2 Å². The van der Waals surface area contributed by atoms with E-state index in [0.717, 1.165) is 0 Å². The molecule has 9 nitrogen and oxygen atoms in total. The number of aromatic nitrogens is 2. The molecule has 0 bridgehead atoms. The van der Waals surface area contributed by atoms with Crippen LogP contribution in [0, 0.1) is 10.1 Å². The minimum absolute atomic E-state index is 0.0258. The molecule has 2 N–H and O–H groups in total. The highest BCUT2D eigenvalue weighted by Crippen LogP contribution is 2.34. The Morgan fingerprint density at radius 2 is 1.86 bits per heavy atom. The van der Waals surface area contributed by atoms with Gasteiger partial charge in [-0.15, -0.1) is 0 Å². The highest BCUT2D eigenvalue weighted by Gasteiger charge is 2.24. The quantitative estimate of drug-likeness (QED) is 0.325. The first-order chi connectivity index (χ1) is 14.0. The number of nitrogens with zero attached hydrogens (tertiary/aromatic N) is 3. The molecule has 10 heteroatoms. The van der Waals surface area contributed by atoms with Gasteiger partial charge >= 0.3 is 11.7 Å². The third-order valence-corrected chi connectivity index (χ3v) is 4.10. The molecular formula is C19H16ClN5O4. The minimum atomic E-state index is -0.600. The fourth-order valence-corrected chi connectivity index (χ4v) is 2.68. The predicted octanol–water partition coefficient (Wildman–Crippen LogP) is 4.70. The average molecular weight is 414 g/mol. The Morgan fingerprint density at radius 3 is 2.55 bits per heavy atom. The molecule has 0 unspecified atom stereocenters. The largest absolute Gasteiger partial charge is 0.462 e. The van der Waals surface area contributed by atoms with Crippen LogP contribution in [0.2, 0.25) is 5.02 Å². The number of para-hydroxylation sites is 1. The van der Waals surface area contributed by atoms with E-state index in [1.807, 2.05) is 0 Å². The number of nitro groups is 1. The van der Waals surface area contributed by atoms with Gasteiger partial charge in [0, 0.05) is 5.69 Å². The molecule has 0 amide bonds. The van der Waals surface area contributed by atoms with Crippen molar-refractivity contribution in [1.29, 1.82) is 0 Å². The first-order valence-corrected chi connectivity index (χ1v) is 8.92. The molecule has 0 fully saturated rings. The average Bonchev–Trinajstić information content (AvgIpc) is 2.70. The van der Waals surface area contributed by atoms with Crippen LogP contribution in [-0.4, -0.2) is 27.5 Å². The summed E-state index contributed by atoms with van der Waals surface area (Å²) in [6.45, 7) is 1.95. The van der Waals surface area contributed by atoms with E-state index in [4.69, 9.17) is 16.3 Å². The second kappa shape index (κ2) is 8.98. The summed E-state index contributed by atoms with van der Waals surface area (Å²) in [5.41, 5.74) is 0.837. The number of anilines is 4. The summed E-state index contributed by atoms with van der Waals surface area (Å²) >= 11 is 6.11. The molecule has 29 heavy (non-hydrogen) atoms. The Kier molecular flexibility index (Phi) is 6.20. The summed E-state index contributed by atoms with van der Waals surface area (Å²) in [5.74, 6) is -0.558. The Morgan fingerprint density at radius 1 is 1.14 bits per heavy atom. The van der Waals surface area contributed by atoms with Gasteiger partial charge in [-0.2, -0.15) is 0 Å². The lowest BCUT2D eigenvalue weighted by Crippen LogP contribution is -2.07. The van der Waals surface area contributed by atoms with Crippen molar-refractivity contribution >= 4 is 46.3 Å². The van der Waals surface area contributed by atoms with Gasteiger partial charge in [0.05, 0.1) is 27.8 Å². The number of carbonyl (C=O) groups excluding carboxylic acids is 1. The number of hydrogen-bond acceptors (Lipinski definition) is 8. The van der Waals surface area contributed by atoms with Crippen molar-refractivity contribution in [3.05, 3.63) is 75.6 Å². The molecule has 0 aliphatic carbocycles. The Balaban J connectivity index is 1.94. The molecule has 2 aromatic carbocycles. The highest BCUT2D eigenvalue weighted by molar-refractivity contribution is 6.33. The molecule has 148 valence electrons. The zero-order valence-electron chi connectivity index (χ0n) is 15.3. The van der Waals surface area contributed by atoms with Gasteiger partial charge in [-0.25, -0.2) is 14.8 Å². The summed E-state index contributed by atoms with van der Waals surface area (Å²) in [6.07, 6.45) is 1.18. The lowest BCUT2D eigenvalue weighted by Gasteiger charge is -2.11. The molecule has 0 radical (unpaired) electrons. The van der Waals surface area contributed by atoms with E-state index in [2.05, 4.69) is 20.6 Å². The maximum Gasteiger partial charge on any atom is 0.353 e.